The maximum atomic E-state index is 5.81. The Morgan fingerprint density at radius 1 is 1.36 bits per heavy atom. The zero-order valence-electron chi connectivity index (χ0n) is 8.45. The second-order valence-electron chi connectivity index (χ2n) is 3.32. The fraction of sp³-hybridized carbons (Fsp3) is 0.417. The molecule has 14 heavy (non-hydrogen) atoms. The van der Waals surface area contributed by atoms with Crippen LogP contribution in [0.5, 0.6) is 0 Å². The van der Waals surface area contributed by atoms with E-state index in [0.717, 1.165) is 25.0 Å². The Bertz CT molecular complexity index is 233. The Hall–Kier alpha value is -0.530. The molecule has 0 aromatic heterocycles. The van der Waals surface area contributed by atoms with Gasteiger partial charge in [-0.15, -0.1) is 11.6 Å². The third-order valence-corrected chi connectivity index (χ3v) is 2.10. The highest BCUT2D eigenvalue weighted by Crippen LogP contribution is 2.06. The monoisotopic (exact) mass is 211 g/mol. The van der Waals surface area contributed by atoms with Gasteiger partial charge in [0.25, 0.3) is 0 Å². The predicted molar refractivity (Wildman–Crippen MR) is 60.3 cm³/mol. The predicted octanol–water partition coefficient (Wildman–Crippen LogP) is 3.62. The van der Waals surface area contributed by atoms with Crippen molar-refractivity contribution in [3.05, 3.63) is 42.5 Å². The molecule has 0 saturated heterocycles. The van der Waals surface area contributed by atoms with Crippen LogP contribution < -0.4 is 0 Å². The first-order chi connectivity index (χ1) is 6.79. The lowest BCUT2D eigenvalue weighted by atomic mass is 10.2. The summed E-state index contributed by atoms with van der Waals surface area (Å²) in [5, 5.41) is 0.246. The third-order valence-electron chi connectivity index (χ3n) is 1.88. The van der Waals surface area contributed by atoms with Crippen molar-refractivity contribution in [1.82, 2.24) is 0 Å². The van der Waals surface area contributed by atoms with E-state index in [1.807, 2.05) is 37.3 Å². The highest BCUT2D eigenvalue weighted by atomic mass is 35.5. The molecule has 0 saturated carbocycles. The van der Waals surface area contributed by atoms with Gasteiger partial charge in [0, 0.05) is 12.0 Å². The number of halogens is 1. The minimum Gasteiger partial charge on any atom is -0.370 e. The molecular formula is C12H16ClO. The SMILES string of the molecule is CC(Cl)CCCO[CH]c1ccccc1. The lowest BCUT2D eigenvalue weighted by Gasteiger charge is -2.04. The summed E-state index contributed by atoms with van der Waals surface area (Å²) in [6.07, 6.45) is 2.01. The van der Waals surface area contributed by atoms with Gasteiger partial charge in [-0.05, 0) is 25.3 Å². The van der Waals surface area contributed by atoms with Gasteiger partial charge in [-0.2, -0.15) is 0 Å². The highest BCUT2D eigenvalue weighted by Gasteiger charge is 1.96. The number of benzene rings is 1. The molecule has 1 aromatic rings. The molecule has 0 heterocycles. The van der Waals surface area contributed by atoms with Crippen molar-refractivity contribution < 1.29 is 4.74 Å². The first-order valence-corrected chi connectivity index (χ1v) is 5.36. The van der Waals surface area contributed by atoms with Crippen LogP contribution in [0.2, 0.25) is 0 Å². The van der Waals surface area contributed by atoms with E-state index in [2.05, 4.69) is 0 Å². The molecular weight excluding hydrogens is 196 g/mol. The van der Waals surface area contributed by atoms with Gasteiger partial charge < -0.3 is 4.74 Å². The summed E-state index contributed by atoms with van der Waals surface area (Å²) in [6, 6.07) is 10.0. The van der Waals surface area contributed by atoms with Crippen molar-refractivity contribution in [2.75, 3.05) is 6.61 Å². The zero-order valence-corrected chi connectivity index (χ0v) is 9.20. The molecule has 0 N–H and O–H groups in total. The molecule has 0 aliphatic rings. The van der Waals surface area contributed by atoms with Gasteiger partial charge in [0.05, 0.1) is 0 Å². The summed E-state index contributed by atoms with van der Waals surface area (Å²) in [6.45, 7) is 4.54. The second-order valence-corrected chi connectivity index (χ2v) is 4.07. The summed E-state index contributed by atoms with van der Waals surface area (Å²) >= 11 is 5.81. The first kappa shape index (κ1) is 11.5. The minimum absolute atomic E-state index is 0.246. The van der Waals surface area contributed by atoms with Crippen molar-refractivity contribution in [3.63, 3.8) is 0 Å². The number of hydrogen-bond donors (Lipinski definition) is 0. The van der Waals surface area contributed by atoms with Crippen LogP contribution in [0.4, 0.5) is 0 Å². The summed E-state index contributed by atoms with van der Waals surface area (Å²) in [4.78, 5) is 0. The second kappa shape index (κ2) is 6.86. The van der Waals surface area contributed by atoms with Crippen molar-refractivity contribution in [2.24, 2.45) is 0 Å². The number of ether oxygens (including phenoxy) is 1. The van der Waals surface area contributed by atoms with E-state index in [1.165, 1.54) is 0 Å². The molecule has 0 amide bonds. The Balaban J connectivity index is 2.05. The van der Waals surface area contributed by atoms with E-state index >= 15 is 0 Å². The van der Waals surface area contributed by atoms with E-state index in [0.29, 0.717) is 0 Å². The van der Waals surface area contributed by atoms with Crippen molar-refractivity contribution >= 4 is 11.6 Å². The Labute approximate surface area is 91.0 Å². The molecule has 1 radical (unpaired) electrons. The van der Waals surface area contributed by atoms with Gasteiger partial charge in [0.2, 0.25) is 0 Å². The lowest BCUT2D eigenvalue weighted by molar-refractivity contribution is 0.206. The molecule has 1 atom stereocenters. The largest absolute Gasteiger partial charge is 0.370 e. The summed E-state index contributed by atoms with van der Waals surface area (Å²) < 4.78 is 5.39. The lowest BCUT2D eigenvalue weighted by Crippen LogP contribution is -1.97. The normalized spacial score (nSPS) is 12.7. The smallest absolute Gasteiger partial charge is 0.113 e. The number of rotatable bonds is 6. The molecule has 1 nitrogen and oxygen atoms in total. The fourth-order valence-electron chi connectivity index (χ4n) is 1.13. The quantitative estimate of drug-likeness (QED) is 0.516. The molecule has 2 heteroatoms. The molecule has 1 aromatic carbocycles. The average molecular weight is 212 g/mol. The van der Waals surface area contributed by atoms with Crippen LogP contribution in [0.15, 0.2) is 30.3 Å². The van der Waals surface area contributed by atoms with E-state index in [1.54, 1.807) is 6.61 Å². The van der Waals surface area contributed by atoms with Gasteiger partial charge in [-0.25, -0.2) is 0 Å². The standard InChI is InChI=1S/C12H16ClO/c1-11(13)6-5-9-14-10-12-7-3-2-4-8-12/h2-4,7-8,10-11H,5-6,9H2,1H3. The molecule has 0 bridgehead atoms. The third kappa shape index (κ3) is 5.25. The maximum Gasteiger partial charge on any atom is 0.113 e. The Morgan fingerprint density at radius 2 is 2.07 bits per heavy atom. The van der Waals surface area contributed by atoms with Crippen molar-refractivity contribution in [1.29, 1.82) is 0 Å². The van der Waals surface area contributed by atoms with E-state index in [-0.39, 0.29) is 5.38 Å². The molecule has 0 spiro atoms. The van der Waals surface area contributed by atoms with Crippen LogP contribution in [-0.2, 0) is 4.74 Å². The molecule has 1 unspecified atom stereocenters. The van der Waals surface area contributed by atoms with Gasteiger partial charge in [0.15, 0.2) is 0 Å². The van der Waals surface area contributed by atoms with Gasteiger partial charge in [-0.1, -0.05) is 30.3 Å². The first-order valence-electron chi connectivity index (χ1n) is 4.93. The fourth-order valence-corrected chi connectivity index (χ4v) is 1.29. The maximum absolute atomic E-state index is 5.81. The van der Waals surface area contributed by atoms with Crippen LogP contribution >= 0.6 is 11.6 Å². The Morgan fingerprint density at radius 3 is 2.71 bits per heavy atom. The minimum atomic E-state index is 0.246. The summed E-state index contributed by atoms with van der Waals surface area (Å²) in [5.74, 6) is 0. The Kier molecular flexibility index (Phi) is 5.65. The highest BCUT2D eigenvalue weighted by molar-refractivity contribution is 6.20. The molecule has 1 rings (SSSR count). The number of hydrogen-bond acceptors (Lipinski definition) is 1. The van der Waals surface area contributed by atoms with Gasteiger partial charge >= 0.3 is 0 Å². The number of alkyl halides is 1. The van der Waals surface area contributed by atoms with E-state index in [4.69, 9.17) is 16.3 Å². The summed E-state index contributed by atoms with van der Waals surface area (Å²) in [7, 11) is 0. The van der Waals surface area contributed by atoms with Gasteiger partial charge in [-0.3, -0.25) is 0 Å². The summed E-state index contributed by atoms with van der Waals surface area (Å²) in [5.41, 5.74) is 1.10. The van der Waals surface area contributed by atoms with Crippen LogP contribution in [0, 0.1) is 6.61 Å². The molecule has 0 aliphatic carbocycles. The van der Waals surface area contributed by atoms with Crippen LogP contribution in [0.3, 0.4) is 0 Å². The van der Waals surface area contributed by atoms with E-state index in [9.17, 15) is 0 Å². The van der Waals surface area contributed by atoms with Crippen LogP contribution in [0.25, 0.3) is 0 Å². The zero-order chi connectivity index (χ0) is 10.2. The molecule has 0 fully saturated rings. The topological polar surface area (TPSA) is 9.23 Å². The average Bonchev–Trinajstić information content (AvgIpc) is 2.18. The van der Waals surface area contributed by atoms with Crippen LogP contribution in [-0.4, -0.2) is 12.0 Å². The van der Waals surface area contributed by atoms with E-state index < -0.39 is 0 Å². The van der Waals surface area contributed by atoms with Crippen molar-refractivity contribution in [3.8, 4) is 0 Å². The van der Waals surface area contributed by atoms with Crippen molar-refractivity contribution in [2.45, 2.75) is 25.1 Å². The van der Waals surface area contributed by atoms with Crippen LogP contribution in [0.1, 0.15) is 25.3 Å². The molecule has 0 aliphatic heterocycles. The van der Waals surface area contributed by atoms with Gasteiger partial charge in [0.1, 0.15) is 6.61 Å². The molecule has 77 valence electrons.